The largest absolute Gasteiger partial charge is 0.468 e. The average molecular weight is 266 g/mol. The third kappa shape index (κ3) is 4.34. The number of nitrogens with zero attached hydrogens (tertiary/aromatic N) is 1. The van der Waals surface area contributed by atoms with Crippen LogP contribution in [0.4, 0.5) is 0 Å². The molecule has 4 heteroatoms. The van der Waals surface area contributed by atoms with Crippen molar-refractivity contribution in [2.45, 2.75) is 45.4 Å². The summed E-state index contributed by atoms with van der Waals surface area (Å²) in [7, 11) is 1.81. The first-order chi connectivity index (χ1) is 9.33. The summed E-state index contributed by atoms with van der Waals surface area (Å²) in [6, 6.07) is 2.08. The molecule has 0 spiro atoms. The molecular weight excluding hydrogens is 240 g/mol. The normalized spacial score (nSPS) is 18.0. The van der Waals surface area contributed by atoms with E-state index in [1.807, 2.05) is 7.11 Å². The zero-order valence-corrected chi connectivity index (χ0v) is 12.2. The van der Waals surface area contributed by atoms with E-state index >= 15 is 0 Å². The monoisotopic (exact) mass is 266 g/mol. The fraction of sp³-hybridized carbons (Fsp3) is 0.733. The second-order valence-electron chi connectivity index (χ2n) is 5.26. The molecule has 0 amide bonds. The van der Waals surface area contributed by atoms with Crippen LogP contribution in [0.3, 0.4) is 0 Å². The molecule has 1 saturated heterocycles. The second kappa shape index (κ2) is 7.68. The van der Waals surface area contributed by atoms with Crippen molar-refractivity contribution in [2.24, 2.45) is 0 Å². The molecule has 0 aliphatic carbocycles. The zero-order chi connectivity index (χ0) is 13.5. The van der Waals surface area contributed by atoms with Gasteiger partial charge in [-0.2, -0.15) is 0 Å². The maximum Gasteiger partial charge on any atom is 0.122 e. The summed E-state index contributed by atoms with van der Waals surface area (Å²) in [6.07, 6.45) is 5.66. The number of hydrogen-bond donors (Lipinski definition) is 1. The molecule has 1 N–H and O–H groups in total. The van der Waals surface area contributed by atoms with Crippen molar-refractivity contribution in [1.29, 1.82) is 0 Å². The van der Waals surface area contributed by atoms with Gasteiger partial charge in [-0.25, -0.2) is 0 Å². The summed E-state index contributed by atoms with van der Waals surface area (Å²) >= 11 is 0. The van der Waals surface area contributed by atoms with Gasteiger partial charge in [-0.3, -0.25) is 4.90 Å². The molecule has 1 fully saturated rings. The lowest BCUT2D eigenvalue weighted by Gasteiger charge is -2.30. The third-order valence-corrected chi connectivity index (χ3v) is 3.82. The minimum atomic E-state index is 0.443. The highest BCUT2D eigenvalue weighted by atomic mass is 16.5. The van der Waals surface area contributed by atoms with Crippen LogP contribution in [0.2, 0.25) is 0 Å². The number of ether oxygens (including phenoxy) is 1. The van der Waals surface area contributed by atoms with Crippen molar-refractivity contribution < 1.29 is 9.15 Å². The summed E-state index contributed by atoms with van der Waals surface area (Å²) in [4.78, 5) is 2.46. The highest BCUT2D eigenvalue weighted by Crippen LogP contribution is 2.18. The van der Waals surface area contributed by atoms with Gasteiger partial charge in [0.25, 0.3) is 0 Å². The van der Waals surface area contributed by atoms with Crippen molar-refractivity contribution in [2.75, 3.05) is 26.7 Å². The smallest absolute Gasteiger partial charge is 0.122 e. The predicted octanol–water partition coefficient (Wildman–Crippen LogP) is 2.39. The summed E-state index contributed by atoms with van der Waals surface area (Å²) < 4.78 is 11.0. The molecule has 1 aliphatic heterocycles. The number of hydrogen-bond acceptors (Lipinski definition) is 4. The van der Waals surface area contributed by atoms with Crippen molar-refractivity contribution in [3.8, 4) is 0 Å². The maximum absolute atomic E-state index is 5.64. The third-order valence-electron chi connectivity index (χ3n) is 3.82. The number of nitrogens with one attached hydrogen (secondary N) is 1. The van der Waals surface area contributed by atoms with E-state index in [2.05, 4.69) is 23.2 Å². The quantitative estimate of drug-likeness (QED) is 0.769. The Morgan fingerprint density at radius 3 is 2.89 bits per heavy atom. The number of rotatable bonds is 7. The fourth-order valence-corrected chi connectivity index (χ4v) is 2.57. The lowest BCUT2D eigenvalue weighted by Crippen LogP contribution is -2.36. The molecule has 0 saturated carbocycles. The molecule has 1 aromatic heterocycles. The molecule has 108 valence electrons. The minimum Gasteiger partial charge on any atom is -0.468 e. The van der Waals surface area contributed by atoms with Crippen molar-refractivity contribution in [3.05, 3.63) is 23.7 Å². The summed E-state index contributed by atoms with van der Waals surface area (Å²) in [5.74, 6) is 1.11. The summed E-state index contributed by atoms with van der Waals surface area (Å²) in [5.41, 5.74) is 1.29. The molecule has 1 aliphatic rings. The van der Waals surface area contributed by atoms with E-state index in [1.54, 1.807) is 6.26 Å². The number of methoxy groups -OCH3 is 1. The van der Waals surface area contributed by atoms with Crippen LogP contribution in [0, 0.1) is 0 Å². The topological polar surface area (TPSA) is 37.6 Å². The molecule has 1 aromatic rings. The number of piperidine rings is 1. The molecule has 2 rings (SSSR count). The SMILES string of the molecule is CCCNCc1ccoc1CN1CCC(OC)CC1. The first-order valence-electron chi connectivity index (χ1n) is 7.34. The standard InChI is InChI=1S/C15H26N2O2/c1-3-7-16-11-13-6-10-19-15(13)12-17-8-4-14(18-2)5-9-17/h6,10,14,16H,3-5,7-9,11-12H2,1-2H3. The Balaban J connectivity index is 1.81. The predicted molar refractivity (Wildman–Crippen MR) is 76.0 cm³/mol. The molecule has 4 nitrogen and oxygen atoms in total. The van der Waals surface area contributed by atoms with Gasteiger partial charge in [-0.05, 0) is 31.9 Å². The molecule has 0 aromatic carbocycles. The highest BCUT2D eigenvalue weighted by Gasteiger charge is 2.20. The van der Waals surface area contributed by atoms with Crippen LogP contribution in [-0.2, 0) is 17.8 Å². The van der Waals surface area contributed by atoms with Crippen LogP contribution >= 0.6 is 0 Å². The summed E-state index contributed by atoms with van der Waals surface area (Å²) in [5, 5.41) is 3.43. The molecule has 0 radical (unpaired) electrons. The van der Waals surface area contributed by atoms with E-state index in [0.717, 1.165) is 57.7 Å². The Bertz CT molecular complexity index is 357. The van der Waals surface area contributed by atoms with E-state index in [1.165, 1.54) is 5.56 Å². The van der Waals surface area contributed by atoms with E-state index < -0.39 is 0 Å². The van der Waals surface area contributed by atoms with Crippen LogP contribution in [-0.4, -0.2) is 37.7 Å². The second-order valence-corrected chi connectivity index (χ2v) is 5.26. The summed E-state index contributed by atoms with van der Waals surface area (Å²) in [6.45, 7) is 7.27. The number of likely N-dealkylation sites (tertiary alicyclic amines) is 1. The van der Waals surface area contributed by atoms with Crippen molar-refractivity contribution in [1.82, 2.24) is 10.2 Å². The Kier molecular flexibility index (Phi) is 5.89. The van der Waals surface area contributed by atoms with Gasteiger partial charge in [-0.1, -0.05) is 6.92 Å². The lowest BCUT2D eigenvalue weighted by molar-refractivity contribution is 0.0369. The van der Waals surface area contributed by atoms with E-state index in [4.69, 9.17) is 9.15 Å². The van der Waals surface area contributed by atoms with Gasteiger partial charge in [0.05, 0.1) is 18.9 Å². The van der Waals surface area contributed by atoms with Crippen LogP contribution in [0.5, 0.6) is 0 Å². The van der Waals surface area contributed by atoms with Gasteiger partial charge < -0.3 is 14.5 Å². The van der Waals surface area contributed by atoms with Gasteiger partial charge in [0, 0.05) is 32.3 Å². The Morgan fingerprint density at radius 1 is 1.42 bits per heavy atom. The molecule has 0 atom stereocenters. The van der Waals surface area contributed by atoms with E-state index in [0.29, 0.717) is 6.10 Å². The van der Waals surface area contributed by atoms with Crippen LogP contribution in [0.25, 0.3) is 0 Å². The highest BCUT2D eigenvalue weighted by molar-refractivity contribution is 5.16. The molecule has 19 heavy (non-hydrogen) atoms. The lowest BCUT2D eigenvalue weighted by atomic mass is 10.1. The first kappa shape index (κ1) is 14.6. The van der Waals surface area contributed by atoms with Crippen LogP contribution in [0.15, 0.2) is 16.7 Å². The van der Waals surface area contributed by atoms with Crippen LogP contribution in [0.1, 0.15) is 37.5 Å². The van der Waals surface area contributed by atoms with Gasteiger partial charge in [0.2, 0.25) is 0 Å². The molecule has 0 bridgehead atoms. The van der Waals surface area contributed by atoms with Gasteiger partial charge in [0.1, 0.15) is 5.76 Å². The number of furan rings is 1. The first-order valence-corrected chi connectivity index (χ1v) is 7.34. The Labute approximate surface area is 116 Å². The average Bonchev–Trinajstić information content (AvgIpc) is 2.87. The van der Waals surface area contributed by atoms with Gasteiger partial charge in [-0.15, -0.1) is 0 Å². The van der Waals surface area contributed by atoms with Gasteiger partial charge >= 0.3 is 0 Å². The van der Waals surface area contributed by atoms with Gasteiger partial charge in [0.15, 0.2) is 0 Å². The molecular formula is C15H26N2O2. The van der Waals surface area contributed by atoms with E-state index in [9.17, 15) is 0 Å². The van der Waals surface area contributed by atoms with Crippen LogP contribution < -0.4 is 5.32 Å². The molecule has 2 heterocycles. The fourth-order valence-electron chi connectivity index (χ4n) is 2.57. The Morgan fingerprint density at radius 2 is 2.21 bits per heavy atom. The maximum atomic E-state index is 5.64. The van der Waals surface area contributed by atoms with Crippen molar-refractivity contribution >= 4 is 0 Å². The zero-order valence-electron chi connectivity index (χ0n) is 12.2. The van der Waals surface area contributed by atoms with Crippen molar-refractivity contribution in [3.63, 3.8) is 0 Å². The minimum absolute atomic E-state index is 0.443. The Hall–Kier alpha value is -0.840. The molecule has 0 unspecified atom stereocenters. The van der Waals surface area contributed by atoms with E-state index in [-0.39, 0.29) is 0 Å².